The molecule has 14 heavy (non-hydrogen) atoms. The Bertz CT molecular complexity index is 254. The number of hydrogen-bond acceptors (Lipinski definition) is 2. The molecule has 0 unspecified atom stereocenters. The summed E-state index contributed by atoms with van der Waals surface area (Å²) in [4.78, 5) is 0. The van der Waals surface area contributed by atoms with Crippen molar-refractivity contribution >= 4 is 13.6 Å². The van der Waals surface area contributed by atoms with Crippen LogP contribution in [0.25, 0.3) is 0 Å². The molecule has 0 spiro atoms. The topological polar surface area (TPSA) is 18.5 Å². The van der Waals surface area contributed by atoms with E-state index in [1.54, 1.807) is 19.2 Å². The zero-order chi connectivity index (χ0) is 11.0. The first-order valence-corrected chi connectivity index (χ1v) is 11.2. The van der Waals surface area contributed by atoms with E-state index in [9.17, 15) is 0 Å². The number of rotatable bonds is 3. The zero-order valence-electron chi connectivity index (χ0n) is 8.71. The van der Waals surface area contributed by atoms with Gasteiger partial charge in [0.1, 0.15) is 0 Å². The number of methoxy groups -OCH3 is 1. The van der Waals surface area contributed by atoms with Gasteiger partial charge in [-0.05, 0) is 13.8 Å². The van der Waals surface area contributed by atoms with Gasteiger partial charge in [0.2, 0.25) is 0 Å². The Balaban J connectivity index is 0.000000791. The molecule has 0 aromatic heterocycles. The predicted octanol–water partition coefficient (Wildman–Crippen LogP) is 3.13. The van der Waals surface area contributed by atoms with Gasteiger partial charge in [-0.3, -0.25) is 0 Å². The molecule has 1 aromatic carbocycles. The van der Waals surface area contributed by atoms with Crippen molar-refractivity contribution in [2.75, 3.05) is 7.11 Å². The van der Waals surface area contributed by atoms with Crippen LogP contribution in [-0.4, -0.2) is 13.2 Å². The third kappa shape index (κ3) is 4.97. The molecule has 0 bridgehead atoms. The maximum absolute atomic E-state index is 5.48. The van der Waals surface area contributed by atoms with Crippen molar-refractivity contribution in [1.29, 1.82) is 0 Å². The van der Waals surface area contributed by atoms with Gasteiger partial charge in [-0.2, -0.15) is 12.1 Å². The van der Waals surface area contributed by atoms with Crippen LogP contribution in [0.5, 0.6) is 11.5 Å². The van der Waals surface area contributed by atoms with E-state index in [2.05, 4.69) is 19.7 Å². The third-order valence-electron chi connectivity index (χ3n) is 1.37. The fourth-order valence-electron chi connectivity index (χ4n) is 0.916. The summed E-state index contributed by atoms with van der Waals surface area (Å²) in [7, 11) is 1.63. The van der Waals surface area contributed by atoms with Crippen LogP contribution in [0.4, 0.5) is 0 Å². The maximum atomic E-state index is 5.48. The van der Waals surface area contributed by atoms with Gasteiger partial charge in [0.05, 0.1) is 19.0 Å². The average Bonchev–Trinajstić information content (AvgIpc) is 2.21. The first-order valence-electron chi connectivity index (χ1n) is 4.21. The van der Waals surface area contributed by atoms with Crippen molar-refractivity contribution in [3.8, 4) is 11.5 Å². The third-order valence-corrected chi connectivity index (χ3v) is 1.37. The Morgan fingerprint density at radius 3 is 2.50 bits per heavy atom. The van der Waals surface area contributed by atoms with E-state index in [1.807, 2.05) is 19.9 Å². The summed E-state index contributed by atoms with van der Waals surface area (Å²) < 4.78 is 10.6. The minimum absolute atomic E-state index is 0.162. The number of hydrogen-bond donors (Lipinski definition) is 0. The van der Waals surface area contributed by atoms with Gasteiger partial charge < -0.3 is 9.47 Å². The van der Waals surface area contributed by atoms with Crippen molar-refractivity contribution in [3.05, 3.63) is 24.3 Å². The summed E-state index contributed by atoms with van der Waals surface area (Å²) in [5.74, 6) is 1.50. The van der Waals surface area contributed by atoms with Crippen molar-refractivity contribution in [1.82, 2.24) is 0 Å². The Morgan fingerprint density at radius 2 is 2.00 bits per heavy atom. The van der Waals surface area contributed by atoms with Crippen LogP contribution in [-0.2, 0) is 16.3 Å². The minimum atomic E-state index is 0.162. The van der Waals surface area contributed by atoms with Crippen LogP contribution in [0.1, 0.15) is 13.8 Å². The molecule has 0 amide bonds. The summed E-state index contributed by atoms with van der Waals surface area (Å²) in [5.41, 5.74) is 0. The van der Waals surface area contributed by atoms with E-state index in [0.717, 1.165) is 11.5 Å². The Labute approximate surface area is 102 Å². The van der Waals surface area contributed by atoms with Gasteiger partial charge in [0.25, 0.3) is 0 Å². The zero-order valence-corrected chi connectivity index (χ0v) is 13.3. The molecule has 2 nitrogen and oxygen atoms in total. The van der Waals surface area contributed by atoms with Crippen LogP contribution in [0.3, 0.4) is 0 Å². The molecular weight excluding hydrogens is 297 g/mol. The molecule has 1 rings (SSSR count). The molecule has 0 aliphatic carbocycles. The quantitative estimate of drug-likeness (QED) is 0.631. The molecule has 74 valence electrons. The molecule has 0 fully saturated rings. The normalized spacial score (nSPS) is 9.07. The van der Waals surface area contributed by atoms with E-state index < -0.39 is 0 Å². The fraction of sp³-hybridized carbons (Fsp3) is 0.400. The van der Waals surface area contributed by atoms with Gasteiger partial charge in [0.15, 0.2) is 0 Å². The summed E-state index contributed by atoms with van der Waals surface area (Å²) in [5, 5.41) is 0. The van der Waals surface area contributed by atoms with E-state index in [-0.39, 0.29) is 6.10 Å². The Kier molecular flexibility index (Phi) is 8.20. The molecule has 0 saturated heterocycles. The number of benzene rings is 1. The summed E-state index contributed by atoms with van der Waals surface area (Å²) >= 11 is 4.25. The van der Waals surface area contributed by atoms with Crippen molar-refractivity contribution < 1.29 is 25.8 Å². The summed E-state index contributed by atoms with van der Waals surface area (Å²) in [6.07, 6.45) is 0.162. The molecule has 0 heterocycles. The second kappa shape index (κ2) is 8.25. The van der Waals surface area contributed by atoms with Crippen LogP contribution < -0.4 is 9.47 Å². The van der Waals surface area contributed by atoms with Crippen molar-refractivity contribution in [2.24, 2.45) is 0 Å². The van der Waals surface area contributed by atoms with E-state index in [0.29, 0.717) is 0 Å². The van der Waals surface area contributed by atoms with Gasteiger partial charge in [0, 0.05) is 5.75 Å². The monoisotopic (exact) mass is 308 g/mol. The molecule has 0 radical (unpaired) electrons. The molecule has 1 aromatic rings. The molecule has 0 atom stereocenters. The van der Waals surface area contributed by atoms with Gasteiger partial charge in [-0.25, -0.2) is 0 Å². The van der Waals surface area contributed by atoms with Gasteiger partial charge in [-0.15, -0.1) is 12.1 Å². The standard InChI is InChI=1S/C10H13O2.BrH.Zn/c1-8(2)12-10-7-5-4-6-9(10)11-3;;/h4,6-8H,1-3H3;1H;/q-1;;+2/p-1. The van der Waals surface area contributed by atoms with Crippen molar-refractivity contribution in [2.45, 2.75) is 20.0 Å². The fourth-order valence-corrected chi connectivity index (χ4v) is 0.916. The molecule has 4 heteroatoms. The van der Waals surface area contributed by atoms with Crippen LogP contribution in [0.2, 0.25) is 0 Å². The molecule has 0 saturated carbocycles. The van der Waals surface area contributed by atoms with Gasteiger partial charge >= 0.3 is 30.0 Å². The summed E-state index contributed by atoms with van der Waals surface area (Å²) in [6, 6.07) is 8.34. The molecule has 0 aliphatic heterocycles. The second-order valence-corrected chi connectivity index (χ2v) is 2.74. The van der Waals surface area contributed by atoms with Crippen molar-refractivity contribution in [3.63, 3.8) is 0 Å². The van der Waals surface area contributed by atoms with Gasteiger partial charge in [-0.1, -0.05) is 0 Å². The van der Waals surface area contributed by atoms with Crippen LogP contribution in [0, 0.1) is 6.07 Å². The molecule has 0 aliphatic rings. The van der Waals surface area contributed by atoms with Crippen LogP contribution in [0.15, 0.2) is 18.2 Å². The summed E-state index contributed by atoms with van der Waals surface area (Å²) in [6.45, 7) is 3.96. The Hall–Kier alpha value is -0.0766. The van der Waals surface area contributed by atoms with Crippen LogP contribution >= 0.6 is 13.6 Å². The first-order chi connectivity index (χ1) is 6.74. The van der Waals surface area contributed by atoms with E-state index >= 15 is 0 Å². The molecule has 0 N–H and O–H groups in total. The predicted molar refractivity (Wildman–Crippen MR) is 56.5 cm³/mol. The van der Waals surface area contributed by atoms with E-state index in [1.165, 1.54) is 16.3 Å². The number of ether oxygens (including phenoxy) is 2. The number of halogens is 1. The molecular formula is C10H13BrO2Zn. The SMILES string of the molecule is COc1cc[c-]cc1OC(C)C.[Zn+][Br]. The Morgan fingerprint density at radius 1 is 1.36 bits per heavy atom. The first kappa shape index (κ1) is 13.9. The second-order valence-electron chi connectivity index (χ2n) is 2.74. The van der Waals surface area contributed by atoms with E-state index in [4.69, 9.17) is 9.47 Å². The average molecular weight is 311 g/mol.